The van der Waals surface area contributed by atoms with Gasteiger partial charge in [0.05, 0.1) is 17.7 Å². The van der Waals surface area contributed by atoms with Crippen LogP contribution in [-0.4, -0.2) is 19.8 Å². The van der Waals surface area contributed by atoms with E-state index in [1.54, 1.807) is 0 Å². The third-order valence-electron chi connectivity index (χ3n) is 3.34. The summed E-state index contributed by atoms with van der Waals surface area (Å²) in [6.45, 7) is 6.36. The van der Waals surface area contributed by atoms with Crippen molar-refractivity contribution in [2.24, 2.45) is 5.92 Å². The number of rotatable bonds is 6. The number of hydrogen-bond acceptors (Lipinski definition) is 2. The molecular weight excluding hydrogens is 286 g/mol. The zero-order chi connectivity index (χ0) is 16.2. The summed E-state index contributed by atoms with van der Waals surface area (Å²) in [6, 6.07) is 2.65. The van der Waals surface area contributed by atoms with Gasteiger partial charge < -0.3 is 10.1 Å². The van der Waals surface area contributed by atoms with Crippen LogP contribution in [0.2, 0.25) is 0 Å². The molecule has 0 saturated heterocycles. The highest BCUT2D eigenvalue weighted by Crippen LogP contribution is 2.33. The molecule has 0 fully saturated rings. The lowest BCUT2D eigenvalue weighted by molar-refractivity contribution is -0.140. The molecular formula is C15H21F4NO. The molecule has 6 heteroatoms. The molecule has 1 N–H and O–H groups in total. The van der Waals surface area contributed by atoms with Crippen molar-refractivity contribution in [2.75, 3.05) is 13.7 Å². The molecule has 0 bridgehead atoms. The highest BCUT2D eigenvalue weighted by atomic mass is 19.4. The highest BCUT2D eigenvalue weighted by Gasteiger charge is 2.35. The number of nitrogens with one attached hydrogen (secondary N) is 1. The normalized spacial score (nSPS) is 15.3. The zero-order valence-electron chi connectivity index (χ0n) is 12.6. The number of hydrogen-bond donors (Lipinski definition) is 1. The molecule has 0 saturated carbocycles. The third kappa shape index (κ3) is 4.41. The molecule has 0 spiro atoms. The van der Waals surface area contributed by atoms with Crippen LogP contribution in [0.3, 0.4) is 0 Å². The minimum atomic E-state index is -4.69. The van der Waals surface area contributed by atoms with Crippen molar-refractivity contribution >= 4 is 0 Å². The first-order valence-electron chi connectivity index (χ1n) is 6.85. The Hall–Kier alpha value is -1.14. The lowest BCUT2D eigenvalue weighted by atomic mass is 9.92. The second-order valence-corrected chi connectivity index (χ2v) is 5.22. The van der Waals surface area contributed by atoms with Crippen molar-refractivity contribution in [3.8, 4) is 0 Å². The summed E-state index contributed by atoms with van der Waals surface area (Å²) in [5.41, 5.74) is -0.803. The number of ether oxygens (including phenoxy) is 1. The molecule has 0 amide bonds. The van der Waals surface area contributed by atoms with Crippen LogP contribution in [-0.2, 0) is 10.9 Å². The molecule has 0 heterocycles. The average molecular weight is 307 g/mol. The van der Waals surface area contributed by atoms with Crippen LogP contribution in [0.5, 0.6) is 0 Å². The summed E-state index contributed by atoms with van der Waals surface area (Å²) in [6.07, 6.45) is -4.95. The first-order chi connectivity index (χ1) is 9.72. The minimum Gasteiger partial charge on any atom is -0.379 e. The van der Waals surface area contributed by atoms with Gasteiger partial charge in [-0.1, -0.05) is 26.8 Å². The van der Waals surface area contributed by atoms with Gasteiger partial charge in [0, 0.05) is 7.11 Å². The van der Waals surface area contributed by atoms with Gasteiger partial charge in [-0.05, 0) is 30.2 Å². The monoisotopic (exact) mass is 307 g/mol. The summed E-state index contributed by atoms with van der Waals surface area (Å²) < 4.78 is 56.9. The lowest BCUT2D eigenvalue weighted by Crippen LogP contribution is -2.36. The lowest BCUT2D eigenvalue weighted by Gasteiger charge is -2.30. The Balaban J connectivity index is 3.18. The van der Waals surface area contributed by atoms with E-state index >= 15 is 0 Å². The SMILES string of the molecule is CCNC(c1ccc(C(F)(F)F)c(F)c1)C(OC)C(C)C. The molecule has 1 aromatic rings. The van der Waals surface area contributed by atoms with Crippen molar-refractivity contribution < 1.29 is 22.3 Å². The van der Waals surface area contributed by atoms with Gasteiger partial charge in [0.1, 0.15) is 5.82 Å². The first-order valence-corrected chi connectivity index (χ1v) is 6.85. The number of alkyl halides is 3. The van der Waals surface area contributed by atoms with E-state index < -0.39 is 17.6 Å². The molecule has 0 aromatic heterocycles. The molecule has 1 rings (SSSR count). The Morgan fingerprint density at radius 2 is 1.86 bits per heavy atom. The molecule has 2 unspecified atom stereocenters. The standard InChI is InChI=1S/C15H21F4NO/c1-5-20-13(14(21-4)9(2)3)10-6-7-11(12(16)8-10)15(17,18)19/h6-9,13-14,20H,5H2,1-4H3. The van der Waals surface area contributed by atoms with Crippen molar-refractivity contribution in [1.82, 2.24) is 5.32 Å². The summed E-state index contributed by atoms with van der Waals surface area (Å²) in [5, 5.41) is 3.14. The van der Waals surface area contributed by atoms with Crippen LogP contribution in [0.25, 0.3) is 0 Å². The Kier molecular flexibility index (Phi) is 6.16. The van der Waals surface area contributed by atoms with Gasteiger partial charge in [0.15, 0.2) is 0 Å². The van der Waals surface area contributed by atoms with Crippen molar-refractivity contribution in [3.63, 3.8) is 0 Å². The molecule has 2 atom stereocenters. The predicted molar refractivity (Wildman–Crippen MR) is 73.5 cm³/mol. The molecule has 120 valence electrons. The summed E-state index contributed by atoms with van der Waals surface area (Å²) in [4.78, 5) is 0. The number of benzene rings is 1. The second-order valence-electron chi connectivity index (χ2n) is 5.22. The van der Waals surface area contributed by atoms with Gasteiger partial charge in [-0.25, -0.2) is 4.39 Å². The zero-order valence-corrected chi connectivity index (χ0v) is 12.6. The fourth-order valence-corrected chi connectivity index (χ4v) is 2.39. The van der Waals surface area contributed by atoms with E-state index in [-0.39, 0.29) is 18.1 Å². The summed E-state index contributed by atoms with van der Waals surface area (Å²) in [5.74, 6) is -1.13. The molecule has 0 aliphatic rings. The molecule has 2 nitrogen and oxygen atoms in total. The maximum absolute atomic E-state index is 13.7. The molecule has 0 aliphatic heterocycles. The molecule has 0 radical (unpaired) electrons. The van der Waals surface area contributed by atoms with Crippen LogP contribution < -0.4 is 5.32 Å². The molecule has 21 heavy (non-hydrogen) atoms. The molecule has 1 aromatic carbocycles. The first kappa shape index (κ1) is 17.9. The summed E-state index contributed by atoms with van der Waals surface area (Å²) in [7, 11) is 1.54. The maximum atomic E-state index is 13.7. The van der Waals surface area contributed by atoms with Crippen LogP contribution in [0, 0.1) is 11.7 Å². The predicted octanol–water partition coefficient (Wildman–Crippen LogP) is 4.17. The fraction of sp³-hybridized carbons (Fsp3) is 0.600. The van der Waals surface area contributed by atoms with Gasteiger partial charge in [0.25, 0.3) is 0 Å². The van der Waals surface area contributed by atoms with Gasteiger partial charge in [0.2, 0.25) is 0 Å². The van der Waals surface area contributed by atoms with Gasteiger partial charge in [-0.2, -0.15) is 13.2 Å². The van der Waals surface area contributed by atoms with E-state index in [4.69, 9.17) is 4.74 Å². The average Bonchev–Trinajstić information content (AvgIpc) is 2.36. The third-order valence-corrected chi connectivity index (χ3v) is 3.34. The second kappa shape index (κ2) is 7.22. The van der Waals surface area contributed by atoms with Crippen molar-refractivity contribution in [3.05, 3.63) is 35.1 Å². The van der Waals surface area contributed by atoms with Gasteiger partial charge >= 0.3 is 6.18 Å². The highest BCUT2D eigenvalue weighted by molar-refractivity contribution is 5.29. The van der Waals surface area contributed by atoms with Crippen LogP contribution in [0.4, 0.5) is 17.6 Å². The Labute approximate surface area is 122 Å². The van der Waals surface area contributed by atoms with Crippen molar-refractivity contribution in [1.29, 1.82) is 0 Å². The van der Waals surface area contributed by atoms with E-state index in [1.807, 2.05) is 20.8 Å². The minimum absolute atomic E-state index is 0.129. The van der Waals surface area contributed by atoms with Gasteiger partial charge in [-0.15, -0.1) is 0 Å². The van der Waals surface area contributed by atoms with Crippen molar-refractivity contribution in [2.45, 2.75) is 39.1 Å². The Bertz CT molecular complexity index is 459. The number of likely N-dealkylation sites (N-methyl/N-ethyl adjacent to an activating group) is 1. The number of halogens is 4. The van der Waals surface area contributed by atoms with Crippen LogP contribution in [0.1, 0.15) is 37.9 Å². The van der Waals surface area contributed by atoms with E-state index in [2.05, 4.69) is 5.32 Å². The Morgan fingerprint density at radius 3 is 2.24 bits per heavy atom. The van der Waals surface area contributed by atoms with E-state index in [9.17, 15) is 17.6 Å². The van der Waals surface area contributed by atoms with E-state index in [1.165, 1.54) is 13.2 Å². The molecule has 0 aliphatic carbocycles. The van der Waals surface area contributed by atoms with E-state index in [0.717, 1.165) is 12.1 Å². The van der Waals surface area contributed by atoms with Gasteiger partial charge in [-0.3, -0.25) is 0 Å². The largest absolute Gasteiger partial charge is 0.419 e. The van der Waals surface area contributed by atoms with Crippen LogP contribution in [0.15, 0.2) is 18.2 Å². The number of methoxy groups -OCH3 is 1. The smallest absolute Gasteiger partial charge is 0.379 e. The van der Waals surface area contributed by atoms with E-state index in [0.29, 0.717) is 12.1 Å². The Morgan fingerprint density at radius 1 is 1.24 bits per heavy atom. The topological polar surface area (TPSA) is 21.3 Å². The fourth-order valence-electron chi connectivity index (χ4n) is 2.39. The van der Waals surface area contributed by atoms with Crippen LogP contribution >= 0.6 is 0 Å². The summed E-state index contributed by atoms with van der Waals surface area (Å²) >= 11 is 0. The maximum Gasteiger partial charge on any atom is 0.419 e. The quantitative estimate of drug-likeness (QED) is 0.797.